The van der Waals surface area contributed by atoms with Gasteiger partial charge in [-0.1, -0.05) is 12.1 Å². The van der Waals surface area contributed by atoms with Crippen LogP contribution in [0.5, 0.6) is 0 Å². The van der Waals surface area contributed by atoms with Crippen LogP contribution >= 0.6 is 12.4 Å². The number of nitrogens with one attached hydrogen (secondary N) is 1. The van der Waals surface area contributed by atoms with E-state index in [1.54, 1.807) is 29.8 Å². The van der Waals surface area contributed by atoms with Crippen molar-refractivity contribution in [2.75, 3.05) is 12.3 Å². The van der Waals surface area contributed by atoms with E-state index in [0.29, 0.717) is 31.0 Å². The average molecular weight is 345 g/mol. The first-order chi connectivity index (χ1) is 9.92. The molecule has 0 radical (unpaired) electrons. The number of aryl methyl sites for hydroxylation is 2. The lowest BCUT2D eigenvalue weighted by Crippen LogP contribution is -2.26. The van der Waals surface area contributed by atoms with Crippen LogP contribution in [0.15, 0.2) is 35.5 Å². The monoisotopic (exact) mass is 344 g/mol. The molecular formula is C14H21ClN4O2S. The van der Waals surface area contributed by atoms with Crippen molar-refractivity contribution in [2.45, 2.75) is 31.8 Å². The van der Waals surface area contributed by atoms with E-state index in [1.165, 1.54) is 0 Å². The summed E-state index contributed by atoms with van der Waals surface area (Å²) in [6.45, 7) is 4.75. The number of sulfonamides is 1. The molecule has 0 aliphatic carbocycles. The van der Waals surface area contributed by atoms with Gasteiger partial charge < -0.3 is 10.3 Å². The summed E-state index contributed by atoms with van der Waals surface area (Å²) < 4.78 is 28.7. The molecule has 0 aliphatic heterocycles. The van der Waals surface area contributed by atoms with Crippen molar-refractivity contribution in [3.05, 3.63) is 41.9 Å². The maximum atomic E-state index is 12.2. The average Bonchev–Trinajstić information content (AvgIpc) is 2.83. The number of hydrogen-bond acceptors (Lipinski definition) is 4. The predicted octanol–water partition coefficient (Wildman–Crippen LogP) is 1.74. The van der Waals surface area contributed by atoms with E-state index in [9.17, 15) is 8.42 Å². The first kappa shape index (κ1) is 18.5. The fraction of sp³-hybridized carbons (Fsp3) is 0.357. The van der Waals surface area contributed by atoms with Crippen molar-refractivity contribution in [3.63, 3.8) is 0 Å². The molecule has 2 aromatic rings. The third kappa shape index (κ3) is 4.46. The molecule has 22 heavy (non-hydrogen) atoms. The van der Waals surface area contributed by atoms with Gasteiger partial charge in [-0.3, -0.25) is 0 Å². The van der Waals surface area contributed by atoms with Crippen molar-refractivity contribution in [1.29, 1.82) is 0 Å². The van der Waals surface area contributed by atoms with Crippen LogP contribution in [-0.4, -0.2) is 24.5 Å². The molecule has 122 valence electrons. The number of halogens is 1. The number of anilines is 1. The molecule has 0 bridgehead atoms. The van der Waals surface area contributed by atoms with E-state index in [4.69, 9.17) is 5.73 Å². The van der Waals surface area contributed by atoms with Crippen molar-refractivity contribution in [3.8, 4) is 0 Å². The van der Waals surface area contributed by atoms with Crippen LogP contribution in [0, 0.1) is 6.92 Å². The lowest BCUT2D eigenvalue weighted by atomic mass is 10.1. The maximum absolute atomic E-state index is 12.2. The molecular weight excluding hydrogens is 324 g/mol. The summed E-state index contributed by atoms with van der Waals surface area (Å²) in [7, 11) is -3.56. The maximum Gasteiger partial charge on any atom is 0.259 e. The van der Waals surface area contributed by atoms with E-state index in [-0.39, 0.29) is 17.4 Å². The fourth-order valence-electron chi connectivity index (χ4n) is 2.02. The topological polar surface area (TPSA) is 90.0 Å². The van der Waals surface area contributed by atoms with Crippen molar-refractivity contribution in [1.82, 2.24) is 14.3 Å². The van der Waals surface area contributed by atoms with Crippen LogP contribution < -0.4 is 10.5 Å². The number of nitrogens with two attached hydrogens (primary N) is 1. The number of hydrogen-bond donors (Lipinski definition) is 2. The first-order valence-corrected chi connectivity index (χ1v) is 8.28. The summed E-state index contributed by atoms with van der Waals surface area (Å²) in [5.74, 6) is 0.691. The Kier molecular flexibility index (Phi) is 6.40. The predicted molar refractivity (Wildman–Crippen MR) is 89.6 cm³/mol. The molecule has 0 fully saturated rings. The van der Waals surface area contributed by atoms with Crippen LogP contribution in [0.25, 0.3) is 0 Å². The Morgan fingerprint density at radius 3 is 2.45 bits per heavy atom. The van der Waals surface area contributed by atoms with Gasteiger partial charge in [0.05, 0.1) is 0 Å². The van der Waals surface area contributed by atoms with Crippen molar-refractivity contribution < 1.29 is 8.42 Å². The van der Waals surface area contributed by atoms with Gasteiger partial charge in [-0.2, -0.15) is 0 Å². The minimum Gasteiger partial charge on any atom is -0.399 e. The largest absolute Gasteiger partial charge is 0.399 e. The van der Waals surface area contributed by atoms with Crippen LogP contribution in [0.3, 0.4) is 0 Å². The minimum atomic E-state index is -3.56. The molecule has 8 heteroatoms. The molecule has 0 amide bonds. The van der Waals surface area contributed by atoms with Gasteiger partial charge in [-0.05, 0) is 38.0 Å². The minimum absolute atomic E-state index is 0. The molecule has 0 atom stereocenters. The summed E-state index contributed by atoms with van der Waals surface area (Å²) >= 11 is 0. The van der Waals surface area contributed by atoms with Crippen LogP contribution in [0.1, 0.15) is 18.3 Å². The second-order valence-corrected chi connectivity index (χ2v) is 6.52. The van der Waals surface area contributed by atoms with Crippen molar-refractivity contribution in [2.24, 2.45) is 0 Å². The molecule has 0 spiro atoms. The quantitative estimate of drug-likeness (QED) is 0.781. The summed E-state index contributed by atoms with van der Waals surface area (Å²) in [5.41, 5.74) is 7.33. The standard InChI is InChI=1S/C14H20N4O2S.ClH/c1-3-18-10-14(17-11(18)2)21(19,20)16-9-8-12-4-6-13(15)7-5-12;/h4-7,10,16H,3,8-9,15H2,1-2H3;1H. The van der Waals surface area contributed by atoms with Gasteiger partial charge in [0.25, 0.3) is 10.0 Å². The molecule has 6 nitrogen and oxygen atoms in total. The molecule has 0 saturated heterocycles. The van der Waals surface area contributed by atoms with Gasteiger partial charge in [-0.25, -0.2) is 18.1 Å². The van der Waals surface area contributed by atoms with Gasteiger partial charge in [0.2, 0.25) is 0 Å². The number of aromatic nitrogens is 2. The molecule has 0 aliphatic rings. The Balaban J connectivity index is 0.00000242. The second-order valence-electron chi connectivity index (χ2n) is 4.80. The zero-order chi connectivity index (χ0) is 15.5. The third-order valence-electron chi connectivity index (χ3n) is 3.26. The van der Waals surface area contributed by atoms with E-state index >= 15 is 0 Å². The molecule has 1 aromatic carbocycles. The highest BCUT2D eigenvalue weighted by Crippen LogP contribution is 2.10. The van der Waals surface area contributed by atoms with Gasteiger partial charge in [0.15, 0.2) is 5.03 Å². The number of benzene rings is 1. The van der Waals surface area contributed by atoms with Gasteiger partial charge in [0, 0.05) is 25.0 Å². The summed E-state index contributed by atoms with van der Waals surface area (Å²) in [6.07, 6.45) is 2.16. The molecule has 1 aromatic heterocycles. The molecule has 1 heterocycles. The van der Waals surface area contributed by atoms with Gasteiger partial charge in [0.1, 0.15) is 5.82 Å². The summed E-state index contributed by atoms with van der Waals surface area (Å²) in [6, 6.07) is 7.38. The molecule has 2 rings (SSSR count). The number of imidazole rings is 1. The van der Waals surface area contributed by atoms with E-state index in [2.05, 4.69) is 9.71 Å². The fourth-order valence-corrected chi connectivity index (χ4v) is 3.05. The Hall–Kier alpha value is -1.57. The van der Waals surface area contributed by atoms with E-state index in [1.807, 2.05) is 19.1 Å². The number of nitrogen functional groups attached to an aromatic ring is 1. The normalized spacial score (nSPS) is 11.2. The molecule has 3 N–H and O–H groups in total. The SMILES string of the molecule is CCn1cc(S(=O)(=O)NCCc2ccc(N)cc2)nc1C.Cl. The lowest BCUT2D eigenvalue weighted by molar-refractivity contribution is 0.578. The first-order valence-electron chi connectivity index (χ1n) is 6.80. The van der Waals surface area contributed by atoms with Crippen molar-refractivity contribution >= 4 is 28.1 Å². The highest BCUT2D eigenvalue weighted by Gasteiger charge is 2.18. The van der Waals surface area contributed by atoms with Crippen LogP contribution in [0.2, 0.25) is 0 Å². The van der Waals surface area contributed by atoms with E-state index in [0.717, 1.165) is 5.56 Å². The van der Waals surface area contributed by atoms with Gasteiger partial charge >= 0.3 is 0 Å². The highest BCUT2D eigenvalue weighted by atomic mass is 35.5. The number of nitrogens with zero attached hydrogens (tertiary/aromatic N) is 2. The second kappa shape index (κ2) is 7.62. The Morgan fingerprint density at radius 2 is 1.91 bits per heavy atom. The molecule has 0 unspecified atom stereocenters. The summed E-state index contributed by atoms with van der Waals surface area (Å²) in [4.78, 5) is 4.09. The highest BCUT2D eigenvalue weighted by molar-refractivity contribution is 7.89. The Morgan fingerprint density at radius 1 is 1.27 bits per heavy atom. The molecule has 0 saturated carbocycles. The lowest BCUT2D eigenvalue weighted by Gasteiger charge is -2.05. The van der Waals surface area contributed by atoms with Gasteiger partial charge in [-0.15, -0.1) is 12.4 Å². The Bertz CT molecular complexity index is 711. The zero-order valence-corrected chi connectivity index (χ0v) is 14.2. The van der Waals surface area contributed by atoms with E-state index < -0.39 is 10.0 Å². The number of rotatable bonds is 6. The van der Waals surface area contributed by atoms with Crippen LogP contribution in [0.4, 0.5) is 5.69 Å². The Labute approximate surface area is 137 Å². The third-order valence-corrected chi connectivity index (χ3v) is 4.59. The zero-order valence-electron chi connectivity index (χ0n) is 12.6. The summed E-state index contributed by atoms with van der Waals surface area (Å²) in [5, 5.41) is 0.0687. The smallest absolute Gasteiger partial charge is 0.259 e. The van der Waals surface area contributed by atoms with Crippen LogP contribution in [-0.2, 0) is 23.0 Å².